The van der Waals surface area contributed by atoms with Gasteiger partial charge in [0.05, 0.1) is 31.7 Å². The first-order valence-electron chi connectivity index (χ1n) is 10.2. The van der Waals surface area contributed by atoms with Crippen molar-refractivity contribution in [3.8, 4) is 17.2 Å². The van der Waals surface area contributed by atoms with E-state index in [1.54, 1.807) is 26.4 Å². The molecule has 0 radical (unpaired) electrons. The topological polar surface area (TPSA) is 73.8 Å². The normalized spacial score (nSPS) is 17.4. The lowest BCUT2D eigenvalue weighted by Gasteiger charge is -2.44. The molecule has 0 unspecified atom stereocenters. The largest absolute Gasteiger partial charge is 0.496 e. The molecule has 2 aliphatic heterocycles. The van der Waals surface area contributed by atoms with Crippen LogP contribution in [0.25, 0.3) is 11.0 Å². The van der Waals surface area contributed by atoms with Gasteiger partial charge in [-0.25, -0.2) is 9.97 Å². The third kappa shape index (κ3) is 3.43. The van der Waals surface area contributed by atoms with Gasteiger partial charge in [0.25, 0.3) is 0 Å². The molecular weight excluding hydrogens is 418 g/mol. The number of carbonyl (C=O) groups excluding carboxylic acids is 1. The molecule has 1 spiro atoms. The Labute approximate surface area is 184 Å². The van der Waals surface area contributed by atoms with Crippen LogP contribution in [0.4, 0.5) is 5.82 Å². The van der Waals surface area contributed by atoms with Crippen molar-refractivity contribution in [1.29, 1.82) is 0 Å². The van der Waals surface area contributed by atoms with Crippen LogP contribution in [0.5, 0.6) is 17.2 Å². The molecule has 7 nitrogen and oxygen atoms in total. The second kappa shape index (κ2) is 7.57. The fourth-order valence-corrected chi connectivity index (χ4v) is 4.68. The summed E-state index contributed by atoms with van der Waals surface area (Å²) in [6.45, 7) is 1.33. The van der Waals surface area contributed by atoms with E-state index in [1.807, 2.05) is 24.3 Å². The molecule has 1 saturated heterocycles. The molecular formula is C23H22ClN3O4. The molecule has 0 atom stereocenters. The molecule has 3 aromatic rings. The quantitative estimate of drug-likeness (QED) is 0.602. The van der Waals surface area contributed by atoms with Crippen molar-refractivity contribution in [3.05, 3.63) is 47.1 Å². The zero-order valence-corrected chi connectivity index (χ0v) is 18.1. The number of halogens is 1. The van der Waals surface area contributed by atoms with Crippen molar-refractivity contribution in [1.82, 2.24) is 9.97 Å². The first kappa shape index (κ1) is 19.9. The van der Waals surface area contributed by atoms with Gasteiger partial charge in [-0.2, -0.15) is 0 Å². The van der Waals surface area contributed by atoms with E-state index in [-0.39, 0.29) is 5.78 Å². The van der Waals surface area contributed by atoms with E-state index in [0.29, 0.717) is 66.1 Å². The van der Waals surface area contributed by atoms with Gasteiger partial charge in [0, 0.05) is 38.1 Å². The summed E-state index contributed by atoms with van der Waals surface area (Å²) in [7, 11) is 3.12. The number of ketones is 1. The minimum Gasteiger partial charge on any atom is -0.496 e. The molecule has 0 amide bonds. The highest BCUT2D eigenvalue weighted by Gasteiger charge is 2.44. The number of Topliss-reactive ketones (excluding diaryl/α,β-unsaturated/α-hetero) is 1. The summed E-state index contributed by atoms with van der Waals surface area (Å²) in [5, 5.41) is 0.384. The predicted molar refractivity (Wildman–Crippen MR) is 118 cm³/mol. The second-order valence-electron chi connectivity index (χ2n) is 7.90. The Kier molecular flexibility index (Phi) is 4.85. The van der Waals surface area contributed by atoms with Crippen molar-refractivity contribution < 1.29 is 19.0 Å². The van der Waals surface area contributed by atoms with Gasteiger partial charge in [0.15, 0.2) is 16.8 Å². The number of hydrogen-bond acceptors (Lipinski definition) is 7. The Hall–Kier alpha value is -3.06. The lowest BCUT2D eigenvalue weighted by atomic mass is 9.82. The van der Waals surface area contributed by atoms with E-state index in [2.05, 4.69) is 9.88 Å². The summed E-state index contributed by atoms with van der Waals surface area (Å²) < 4.78 is 17.2. The minimum absolute atomic E-state index is 0.0257. The molecule has 0 aliphatic carbocycles. The van der Waals surface area contributed by atoms with E-state index in [1.165, 1.54) is 0 Å². The number of carbonyl (C=O) groups is 1. The molecule has 5 rings (SSSR count). The van der Waals surface area contributed by atoms with Crippen molar-refractivity contribution >= 4 is 34.2 Å². The molecule has 1 fully saturated rings. The van der Waals surface area contributed by atoms with Gasteiger partial charge in [-0.15, -0.1) is 0 Å². The van der Waals surface area contributed by atoms with Crippen LogP contribution >= 0.6 is 11.6 Å². The summed E-state index contributed by atoms with van der Waals surface area (Å²) in [6.07, 6.45) is 1.65. The monoisotopic (exact) mass is 439 g/mol. The molecule has 0 bridgehead atoms. The number of piperidine rings is 1. The Morgan fingerprint density at radius 2 is 1.77 bits per heavy atom. The van der Waals surface area contributed by atoms with Crippen molar-refractivity contribution in [3.63, 3.8) is 0 Å². The van der Waals surface area contributed by atoms with E-state index >= 15 is 0 Å². The molecule has 0 N–H and O–H groups in total. The van der Waals surface area contributed by atoms with Crippen LogP contribution in [0.15, 0.2) is 36.4 Å². The van der Waals surface area contributed by atoms with Crippen LogP contribution < -0.4 is 19.1 Å². The van der Waals surface area contributed by atoms with Crippen molar-refractivity contribution in [2.75, 3.05) is 32.2 Å². The maximum Gasteiger partial charge on any atom is 0.174 e. The Bertz CT molecular complexity index is 1170. The van der Waals surface area contributed by atoms with Crippen LogP contribution in [0.3, 0.4) is 0 Å². The number of aromatic nitrogens is 2. The van der Waals surface area contributed by atoms with Gasteiger partial charge in [-0.3, -0.25) is 4.79 Å². The lowest BCUT2D eigenvalue weighted by molar-refractivity contribution is 0.0225. The van der Waals surface area contributed by atoms with Crippen molar-refractivity contribution in [2.45, 2.75) is 24.9 Å². The average Bonchev–Trinajstić information content (AvgIpc) is 2.78. The highest BCUT2D eigenvalue weighted by Crippen LogP contribution is 2.45. The second-order valence-corrected chi connectivity index (χ2v) is 8.26. The van der Waals surface area contributed by atoms with Crippen LogP contribution in [0, 0.1) is 0 Å². The molecule has 8 heteroatoms. The molecule has 3 heterocycles. The Morgan fingerprint density at radius 3 is 2.45 bits per heavy atom. The SMILES string of the molecule is COc1cc(OC)c2c(c1)OC1(CCN(c3nc4ccccc4nc3Cl)CC1)CC2=O. The number of para-hydroxylation sites is 2. The highest BCUT2D eigenvalue weighted by atomic mass is 35.5. The summed E-state index contributed by atoms with van der Waals surface area (Å²) >= 11 is 6.44. The molecule has 1 aromatic heterocycles. The maximum absolute atomic E-state index is 13.0. The van der Waals surface area contributed by atoms with Gasteiger partial charge in [-0.05, 0) is 12.1 Å². The first-order valence-corrected chi connectivity index (χ1v) is 10.6. The van der Waals surface area contributed by atoms with Gasteiger partial charge in [0.2, 0.25) is 0 Å². The summed E-state index contributed by atoms with van der Waals surface area (Å²) in [5.41, 5.74) is 1.50. The number of ether oxygens (including phenoxy) is 3. The number of benzene rings is 2. The van der Waals surface area contributed by atoms with E-state index in [0.717, 1.165) is 11.0 Å². The number of anilines is 1. The van der Waals surface area contributed by atoms with Gasteiger partial charge >= 0.3 is 0 Å². The third-order valence-electron chi connectivity index (χ3n) is 6.07. The van der Waals surface area contributed by atoms with Crippen LogP contribution in [0.1, 0.15) is 29.6 Å². The molecule has 0 saturated carbocycles. The number of fused-ring (bicyclic) bond motifs is 2. The molecule has 2 aliphatic rings. The Morgan fingerprint density at radius 1 is 1.06 bits per heavy atom. The highest BCUT2D eigenvalue weighted by molar-refractivity contribution is 6.32. The molecule has 160 valence electrons. The van der Waals surface area contributed by atoms with E-state index in [4.69, 9.17) is 30.8 Å². The number of methoxy groups -OCH3 is 2. The summed E-state index contributed by atoms with van der Waals surface area (Å²) in [5.74, 6) is 2.28. The Balaban J connectivity index is 1.41. The zero-order valence-electron chi connectivity index (χ0n) is 17.4. The van der Waals surface area contributed by atoms with Gasteiger partial charge in [-0.1, -0.05) is 23.7 Å². The molecule has 31 heavy (non-hydrogen) atoms. The van der Waals surface area contributed by atoms with Crippen LogP contribution in [-0.4, -0.2) is 48.7 Å². The molecule has 2 aromatic carbocycles. The fourth-order valence-electron chi connectivity index (χ4n) is 4.43. The van der Waals surface area contributed by atoms with Gasteiger partial charge < -0.3 is 19.1 Å². The van der Waals surface area contributed by atoms with Crippen LogP contribution in [0.2, 0.25) is 5.15 Å². The summed E-state index contributed by atoms with van der Waals surface area (Å²) in [6, 6.07) is 11.1. The number of hydrogen-bond donors (Lipinski definition) is 0. The number of nitrogens with zero attached hydrogens (tertiary/aromatic N) is 3. The first-order chi connectivity index (χ1) is 15.0. The van der Waals surface area contributed by atoms with Crippen molar-refractivity contribution in [2.24, 2.45) is 0 Å². The maximum atomic E-state index is 13.0. The van der Waals surface area contributed by atoms with E-state index < -0.39 is 5.60 Å². The standard InChI is InChI=1S/C23H22ClN3O4/c1-29-14-11-18(30-2)20-17(28)13-23(31-19(20)12-14)7-9-27(10-8-23)22-21(24)25-15-5-3-4-6-16(15)26-22/h3-6,11-12H,7-10,13H2,1-2H3. The zero-order chi connectivity index (χ0) is 21.6. The summed E-state index contributed by atoms with van der Waals surface area (Å²) in [4.78, 5) is 24.3. The number of rotatable bonds is 3. The van der Waals surface area contributed by atoms with Gasteiger partial charge in [0.1, 0.15) is 28.4 Å². The van der Waals surface area contributed by atoms with Crippen LogP contribution in [-0.2, 0) is 0 Å². The fraction of sp³-hybridized carbons (Fsp3) is 0.348. The third-order valence-corrected chi connectivity index (χ3v) is 6.32. The lowest BCUT2D eigenvalue weighted by Crippen LogP contribution is -2.51. The predicted octanol–water partition coefficient (Wildman–Crippen LogP) is 4.30. The smallest absolute Gasteiger partial charge is 0.174 e. The average molecular weight is 440 g/mol. The minimum atomic E-state index is -0.561. The van der Waals surface area contributed by atoms with E-state index in [9.17, 15) is 4.79 Å².